The molecule has 1 aliphatic carbocycles. The monoisotopic (exact) mass is 471 g/mol. The molecule has 4 rings (SSSR count). The van der Waals surface area contributed by atoms with Crippen LogP contribution in [0.2, 0.25) is 0 Å². The minimum atomic E-state index is -0.815. The number of hydrogen-bond acceptors (Lipinski definition) is 3. The Hall–Kier alpha value is -3.60. The normalized spacial score (nSPS) is 13.1. The molecule has 0 fully saturated rings. The fraction of sp³-hybridized carbons (Fsp3) is 0.333. The predicted octanol–water partition coefficient (Wildman–Crippen LogP) is 5.88. The van der Waals surface area contributed by atoms with Crippen molar-refractivity contribution in [3.63, 3.8) is 0 Å². The minimum Gasteiger partial charge on any atom is -0.493 e. The summed E-state index contributed by atoms with van der Waals surface area (Å²) in [7, 11) is 0. The Kier molecular flexibility index (Phi) is 7.54. The van der Waals surface area contributed by atoms with Crippen LogP contribution in [0.4, 0.5) is 0 Å². The first kappa shape index (κ1) is 24.5. The number of aliphatic carboxylic acids is 1. The highest BCUT2D eigenvalue weighted by Gasteiger charge is 2.43. The van der Waals surface area contributed by atoms with Crippen molar-refractivity contribution in [1.82, 2.24) is 5.32 Å². The fourth-order valence-corrected chi connectivity index (χ4v) is 5.09. The van der Waals surface area contributed by atoms with Gasteiger partial charge in [0.05, 0.1) is 12.1 Å². The van der Waals surface area contributed by atoms with E-state index in [4.69, 9.17) is 9.84 Å². The van der Waals surface area contributed by atoms with Gasteiger partial charge in [-0.05, 0) is 65.1 Å². The van der Waals surface area contributed by atoms with E-state index in [1.807, 2.05) is 36.4 Å². The molecular formula is C30H33NO4. The molecule has 182 valence electrons. The minimum absolute atomic E-state index is 0.0656. The van der Waals surface area contributed by atoms with E-state index < -0.39 is 11.5 Å². The second kappa shape index (κ2) is 10.8. The van der Waals surface area contributed by atoms with E-state index in [2.05, 4.69) is 42.6 Å². The van der Waals surface area contributed by atoms with Gasteiger partial charge in [-0.3, -0.25) is 9.59 Å². The van der Waals surface area contributed by atoms with Crippen molar-refractivity contribution < 1.29 is 19.4 Å². The van der Waals surface area contributed by atoms with Gasteiger partial charge in [0.1, 0.15) is 5.75 Å². The lowest BCUT2D eigenvalue weighted by molar-refractivity contribution is -0.137. The molecule has 3 aromatic rings. The van der Waals surface area contributed by atoms with Gasteiger partial charge in [-0.25, -0.2) is 0 Å². The molecule has 0 heterocycles. The summed E-state index contributed by atoms with van der Waals surface area (Å²) in [4.78, 5) is 23.5. The van der Waals surface area contributed by atoms with Crippen molar-refractivity contribution in [2.24, 2.45) is 0 Å². The molecular weight excluding hydrogens is 438 g/mol. The lowest BCUT2D eigenvalue weighted by Gasteiger charge is -2.33. The number of carbonyl (C=O) groups excluding carboxylic acids is 1. The first-order valence-corrected chi connectivity index (χ1v) is 12.4. The second-order valence-corrected chi connectivity index (χ2v) is 9.22. The molecule has 3 aromatic carbocycles. The molecule has 0 saturated heterocycles. The first-order valence-electron chi connectivity index (χ1n) is 12.4. The number of hydrogen-bond donors (Lipinski definition) is 2. The largest absolute Gasteiger partial charge is 0.493 e. The number of carboxylic acids is 1. The molecule has 0 saturated carbocycles. The average molecular weight is 472 g/mol. The molecule has 0 aliphatic heterocycles. The summed E-state index contributed by atoms with van der Waals surface area (Å²) in [5.74, 6) is -0.119. The van der Waals surface area contributed by atoms with Gasteiger partial charge >= 0.3 is 5.97 Å². The van der Waals surface area contributed by atoms with Crippen LogP contribution in [0.5, 0.6) is 5.75 Å². The smallest absolute Gasteiger partial charge is 0.303 e. The van der Waals surface area contributed by atoms with E-state index in [0.717, 1.165) is 58.4 Å². The highest BCUT2D eigenvalue weighted by molar-refractivity contribution is 5.84. The number of nitrogens with one attached hydrogen (secondary N) is 1. The zero-order valence-electron chi connectivity index (χ0n) is 20.5. The third kappa shape index (κ3) is 5.24. The van der Waals surface area contributed by atoms with Crippen molar-refractivity contribution in [2.45, 2.75) is 57.9 Å². The lowest BCUT2D eigenvalue weighted by Crippen LogP contribution is -2.45. The van der Waals surface area contributed by atoms with Crippen molar-refractivity contribution in [1.29, 1.82) is 0 Å². The van der Waals surface area contributed by atoms with Crippen LogP contribution in [0, 0.1) is 0 Å². The molecule has 5 nitrogen and oxygen atoms in total. The molecule has 35 heavy (non-hydrogen) atoms. The highest BCUT2D eigenvalue weighted by Crippen LogP contribution is 2.49. The Morgan fingerprint density at radius 1 is 0.943 bits per heavy atom. The third-order valence-electron chi connectivity index (χ3n) is 6.74. The number of rotatable bonds is 11. The predicted molar refractivity (Wildman–Crippen MR) is 138 cm³/mol. The van der Waals surface area contributed by atoms with Crippen molar-refractivity contribution in [2.75, 3.05) is 6.61 Å². The fourth-order valence-electron chi connectivity index (χ4n) is 5.09. The van der Waals surface area contributed by atoms with Crippen molar-refractivity contribution in [3.05, 3.63) is 89.0 Å². The number of carbonyl (C=O) groups is 2. The van der Waals surface area contributed by atoms with E-state index in [1.54, 1.807) is 6.92 Å². The maximum atomic E-state index is 12.4. The summed E-state index contributed by atoms with van der Waals surface area (Å²) in [6.07, 6.45) is 3.91. The number of aryl methyl sites for hydroxylation is 2. The maximum Gasteiger partial charge on any atom is 0.303 e. The molecule has 1 aliphatic rings. The van der Waals surface area contributed by atoms with Crippen LogP contribution < -0.4 is 10.1 Å². The van der Waals surface area contributed by atoms with Crippen LogP contribution in [0.15, 0.2) is 66.7 Å². The quantitative estimate of drug-likeness (QED) is 0.343. The van der Waals surface area contributed by atoms with Crippen molar-refractivity contribution in [3.8, 4) is 16.9 Å². The zero-order valence-corrected chi connectivity index (χ0v) is 20.5. The Morgan fingerprint density at radius 2 is 1.60 bits per heavy atom. The van der Waals surface area contributed by atoms with Crippen molar-refractivity contribution >= 4 is 11.9 Å². The molecule has 0 unspecified atom stereocenters. The molecule has 5 heteroatoms. The van der Waals surface area contributed by atoms with Crippen LogP contribution in [0.25, 0.3) is 11.1 Å². The number of amides is 1. The third-order valence-corrected chi connectivity index (χ3v) is 6.74. The van der Waals surface area contributed by atoms with Crippen LogP contribution in [0.1, 0.15) is 61.8 Å². The maximum absolute atomic E-state index is 12.4. The van der Waals surface area contributed by atoms with Gasteiger partial charge in [0.2, 0.25) is 5.91 Å². The summed E-state index contributed by atoms with van der Waals surface area (Å²) in [5.41, 5.74) is 5.96. The second-order valence-electron chi connectivity index (χ2n) is 9.22. The van der Waals surface area contributed by atoms with E-state index in [1.165, 1.54) is 0 Å². The summed E-state index contributed by atoms with van der Waals surface area (Å²) in [5, 5.41) is 12.4. The highest BCUT2D eigenvalue weighted by atomic mass is 16.5. The Morgan fingerprint density at radius 3 is 2.20 bits per heavy atom. The first-order chi connectivity index (χ1) is 16.9. The lowest BCUT2D eigenvalue weighted by atomic mass is 9.81. The van der Waals surface area contributed by atoms with Crippen LogP contribution in [-0.2, 0) is 28.0 Å². The zero-order chi connectivity index (χ0) is 24.8. The summed E-state index contributed by atoms with van der Waals surface area (Å²) < 4.78 is 6.06. The molecule has 2 N–H and O–H groups in total. The van der Waals surface area contributed by atoms with Gasteiger partial charge in [0, 0.05) is 13.3 Å². The number of carboxylic acid groups (broad SMARTS) is 1. The van der Waals surface area contributed by atoms with E-state index in [-0.39, 0.29) is 12.3 Å². The SMILES string of the molecule is CCCCOc1cc(CCC2(NC(C)=O)c3ccccc3-c3ccccc32)ccc1CCC(=O)O. The van der Waals surface area contributed by atoms with E-state index in [0.29, 0.717) is 19.4 Å². The molecule has 0 atom stereocenters. The summed E-state index contributed by atoms with van der Waals surface area (Å²) >= 11 is 0. The topological polar surface area (TPSA) is 75.6 Å². The summed E-state index contributed by atoms with van der Waals surface area (Å²) in [6, 6.07) is 22.7. The summed E-state index contributed by atoms with van der Waals surface area (Å²) in [6.45, 7) is 4.29. The van der Waals surface area contributed by atoms with Gasteiger partial charge in [0.15, 0.2) is 0 Å². The van der Waals surface area contributed by atoms with Gasteiger partial charge in [0.25, 0.3) is 0 Å². The Labute approximate surface area is 207 Å². The number of benzene rings is 3. The number of unbranched alkanes of at least 4 members (excludes halogenated alkanes) is 1. The van der Waals surface area contributed by atoms with Gasteiger partial charge in [-0.1, -0.05) is 74.0 Å². The number of fused-ring (bicyclic) bond motifs is 3. The van der Waals surface area contributed by atoms with E-state index in [9.17, 15) is 9.59 Å². The molecule has 0 spiro atoms. The van der Waals surface area contributed by atoms with Gasteiger partial charge < -0.3 is 15.2 Å². The molecule has 0 radical (unpaired) electrons. The van der Waals surface area contributed by atoms with Crippen LogP contribution >= 0.6 is 0 Å². The Balaban J connectivity index is 1.66. The van der Waals surface area contributed by atoms with E-state index >= 15 is 0 Å². The van der Waals surface area contributed by atoms with Gasteiger partial charge in [-0.2, -0.15) is 0 Å². The number of ether oxygens (including phenoxy) is 1. The standard InChI is InChI=1S/C30H33NO4/c1-3-4-19-35-28-20-22(13-14-23(28)15-16-29(33)34)17-18-30(31-21(2)32)26-11-7-5-9-24(26)25-10-6-8-12-27(25)30/h5-14,20H,3-4,15-19H2,1-2H3,(H,31,32)(H,33,34). The molecule has 1 amide bonds. The van der Waals surface area contributed by atoms with Gasteiger partial charge in [-0.15, -0.1) is 0 Å². The van der Waals surface area contributed by atoms with Crippen LogP contribution in [-0.4, -0.2) is 23.6 Å². The average Bonchev–Trinajstić information content (AvgIpc) is 3.12. The molecule has 0 bridgehead atoms. The Bertz CT molecular complexity index is 1170. The van der Waals surface area contributed by atoms with Crippen LogP contribution in [0.3, 0.4) is 0 Å². The molecule has 0 aromatic heterocycles.